The summed E-state index contributed by atoms with van der Waals surface area (Å²) in [5.41, 5.74) is 11.7. The molecule has 7 heteroatoms. The Balaban J connectivity index is 2.49. The van der Waals surface area contributed by atoms with Gasteiger partial charge in [-0.2, -0.15) is 0 Å². The highest BCUT2D eigenvalue weighted by Crippen LogP contribution is 2.04. The minimum atomic E-state index is -1.39. The molecule has 0 bridgehead atoms. The van der Waals surface area contributed by atoms with Gasteiger partial charge in [0.15, 0.2) is 0 Å². The van der Waals surface area contributed by atoms with Crippen LogP contribution in [0.15, 0.2) is 30.3 Å². The number of hydrogen-bond acceptors (Lipinski definition) is 6. The van der Waals surface area contributed by atoms with Crippen LogP contribution in [-0.2, 0) is 25.5 Å². The van der Waals surface area contributed by atoms with Gasteiger partial charge in [-0.25, -0.2) is 9.59 Å². The fourth-order valence-corrected chi connectivity index (χ4v) is 1.47. The van der Waals surface area contributed by atoms with E-state index >= 15 is 0 Å². The summed E-state index contributed by atoms with van der Waals surface area (Å²) in [6.07, 6.45) is -0.402. The first-order valence-corrected chi connectivity index (χ1v) is 5.92. The lowest BCUT2D eigenvalue weighted by Gasteiger charge is -2.12. The lowest BCUT2D eigenvalue weighted by atomic mass is 10.1. The number of carboxylic acid groups (broad SMARTS) is 1. The Bertz CT molecular complexity index is 489. The second kappa shape index (κ2) is 7.37. The molecular weight excluding hydrogens is 264 g/mol. The number of ether oxygens (including phenoxy) is 1. The van der Waals surface area contributed by atoms with Crippen LogP contribution in [0.4, 0.5) is 0 Å². The van der Waals surface area contributed by atoms with Crippen molar-refractivity contribution in [3.8, 4) is 0 Å². The van der Waals surface area contributed by atoms with E-state index in [0.29, 0.717) is 0 Å². The van der Waals surface area contributed by atoms with Gasteiger partial charge in [-0.3, -0.25) is 4.79 Å². The Morgan fingerprint density at radius 2 is 1.60 bits per heavy atom. The smallest absolute Gasteiger partial charge is 0.331 e. The van der Waals surface area contributed by atoms with Crippen molar-refractivity contribution in [2.45, 2.75) is 24.9 Å². The quantitative estimate of drug-likeness (QED) is 0.469. The van der Waals surface area contributed by atoms with Crippen LogP contribution in [0.3, 0.4) is 0 Å². The predicted molar refractivity (Wildman–Crippen MR) is 69.4 cm³/mol. The maximum Gasteiger partial charge on any atom is 0.331 e. The molecule has 2 unspecified atom stereocenters. The summed E-state index contributed by atoms with van der Waals surface area (Å²) >= 11 is 0. The summed E-state index contributed by atoms with van der Waals surface area (Å²) < 4.78 is 4.46. The molecule has 2 atom stereocenters. The summed E-state index contributed by atoms with van der Waals surface area (Å²) in [5.74, 6) is -3.28. The molecule has 5 N–H and O–H groups in total. The average Bonchev–Trinajstić information content (AvgIpc) is 2.38. The lowest BCUT2D eigenvalue weighted by molar-refractivity contribution is -0.163. The Morgan fingerprint density at radius 3 is 2.15 bits per heavy atom. The first-order valence-electron chi connectivity index (χ1n) is 5.92. The molecule has 0 aliphatic rings. The van der Waals surface area contributed by atoms with Gasteiger partial charge in [-0.05, 0) is 12.0 Å². The number of carboxylic acids is 1. The van der Waals surface area contributed by atoms with Gasteiger partial charge in [-0.15, -0.1) is 0 Å². The van der Waals surface area contributed by atoms with Crippen LogP contribution >= 0.6 is 0 Å². The summed E-state index contributed by atoms with van der Waals surface area (Å²) in [5, 5.41) is 8.47. The Kier molecular flexibility index (Phi) is 5.82. The molecule has 0 radical (unpaired) electrons. The molecule has 0 amide bonds. The topological polar surface area (TPSA) is 133 Å². The van der Waals surface area contributed by atoms with Gasteiger partial charge >= 0.3 is 17.9 Å². The Labute approximate surface area is 115 Å². The molecule has 0 heterocycles. The normalized spacial score (nSPS) is 13.3. The number of rotatable bonds is 6. The molecule has 0 spiro atoms. The lowest BCUT2D eigenvalue weighted by Crippen LogP contribution is -2.41. The van der Waals surface area contributed by atoms with Crippen molar-refractivity contribution >= 4 is 17.9 Å². The molecule has 1 aromatic rings. The van der Waals surface area contributed by atoms with Gasteiger partial charge < -0.3 is 21.3 Å². The predicted octanol–water partition coefficient (Wildman–Crippen LogP) is -0.572. The summed E-state index contributed by atoms with van der Waals surface area (Å²) in [7, 11) is 0. The summed E-state index contributed by atoms with van der Waals surface area (Å²) in [4.78, 5) is 33.3. The van der Waals surface area contributed by atoms with Crippen molar-refractivity contribution < 1.29 is 24.2 Å². The van der Waals surface area contributed by atoms with Crippen LogP contribution in [0.1, 0.15) is 12.0 Å². The van der Waals surface area contributed by atoms with Crippen LogP contribution in [0.25, 0.3) is 0 Å². The molecular formula is C13H16N2O5. The van der Waals surface area contributed by atoms with Gasteiger partial charge in [0.1, 0.15) is 12.1 Å². The average molecular weight is 280 g/mol. The second-order valence-electron chi connectivity index (χ2n) is 4.24. The number of aliphatic carboxylic acids is 1. The van der Waals surface area contributed by atoms with Crippen molar-refractivity contribution in [1.82, 2.24) is 0 Å². The minimum Gasteiger partial charge on any atom is -0.481 e. The van der Waals surface area contributed by atoms with Gasteiger partial charge in [-0.1, -0.05) is 30.3 Å². The highest BCUT2D eigenvalue weighted by atomic mass is 16.6. The Morgan fingerprint density at radius 1 is 1.05 bits per heavy atom. The van der Waals surface area contributed by atoms with E-state index in [0.717, 1.165) is 5.56 Å². The molecule has 0 saturated heterocycles. The molecule has 0 aromatic heterocycles. The van der Waals surface area contributed by atoms with Crippen LogP contribution in [0.2, 0.25) is 0 Å². The van der Waals surface area contributed by atoms with Crippen molar-refractivity contribution in [2.24, 2.45) is 11.5 Å². The number of carbonyl (C=O) groups excluding carboxylic acids is 2. The number of esters is 2. The Hall–Kier alpha value is -2.25. The molecule has 0 fully saturated rings. The highest BCUT2D eigenvalue weighted by Gasteiger charge is 2.24. The molecule has 0 aliphatic heterocycles. The largest absolute Gasteiger partial charge is 0.481 e. The summed E-state index contributed by atoms with van der Waals surface area (Å²) in [6.45, 7) is 0. The van der Waals surface area contributed by atoms with Gasteiger partial charge in [0.25, 0.3) is 0 Å². The number of benzene rings is 1. The molecule has 108 valence electrons. The van der Waals surface area contributed by atoms with Crippen LogP contribution in [0, 0.1) is 0 Å². The van der Waals surface area contributed by atoms with Crippen LogP contribution < -0.4 is 11.5 Å². The minimum absolute atomic E-state index is 0.209. The molecule has 7 nitrogen and oxygen atoms in total. The standard InChI is InChI=1S/C13H16N2O5/c14-9(6-8-4-2-1-3-5-8)12(18)20-13(19)10(15)7-11(16)17/h1-5,9-10H,6-7,14-15H2,(H,16,17). The van der Waals surface area contributed by atoms with Gasteiger partial charge in [0, 0.05) is 0 Å². The number of carbonyl (C=O) groups is 3. The van der Waals surface area contributed by atoms with Crippen molar-refractivity contribution in [3.63, 3.8) is 0 Å². The zero-order chi connectivity index (χ0) is 15.1. The zero-order valence-corrected chi connectivity index (χ0v) is 10.7. The van der Waals surface area contributed by atoms with Crippen LogP contribution in [0.5, 0.6) is 0 Å². The fraction of sp³-hybridized carbons (Fsp3) is 0.308. The SMILES string of the molecule is NC(CC(=O)O)C(=O)OC(=O)C(N)Cc1ccccc1. The molecule has 0 aliphatic carbocycles. The molecule has 0 saturated carbocycles. The van der Waals surface area contributed by atoms with Crippen LogP contribution in [-0.4, -0.2) is 35.1 Å². The van der Waals surface area contributed by atoms with E-state index in [4.69, 9.17) is 16.6 Å². The maximum atomic E-state index is 11.6. The highest BCUT2D eigenvalue weighted by molar-refractivity contribution is 5.92. The molecule has 1 rings (SSSR count). The first-order chi connectivity index (χ1) is 9.40. The van der Waals surface area contributed by atoms with Crippen molar-refractivity contribution in [1.29, 1.82) is 0 Å². The van der Waals surface area contributed by atoms with E-state index in [-0.39, 0.29) is 6.42 Å². The van der Waals surface area contributed by atoms with E-state index in [2.05, 4.69) is 4.74 Å². The maximum absolute atomic E-state index is 11.6. The van der Waals surface area contributed by atoms with E-state index in [9.17, 15) is 14.4 Å². The van der Waals surface area contributed by atoms with E-state index < -0.39 is 36.4 Å². The van der Waals surface area contributed by atoms with Gasteiger partial charge in [0.2, 0.25) is 0 Å². The van der Waals surface area contributed by atoms with E-state index in [1.54, 1.807) is 24.3 Å². The first kappa shape index (κ1) is 15.8. The summed E-state index contributed by atoms with van der Waals surface area (Å²) in [6, 6.07) is 6.57. The number of hydrogen-bond donors (Lipinski definition) is 3. The monoisotopic (exact) mass is 280 g/mol. The zero-order valence-electron chi connectivity index (χ0n) is 10.7. The third-order valence-corrected chi connectivity index (χ3v) is 2.50. The molecule has 20 heavy (non-hydrogen) atoms. The van der Waals surface area contributed by atoms with Crippen molar-refractivity contribution in [2.75, 3.05) is 0 Å². The van der Waals surface area contributed by atoms with Crippen molar-refractivity contribution in [3.05, 3.63) is 35.9 Å². The number of nitrogens with two attached hydrogens (primary N) is 2. The fourth-order valence-electron chi connectivity index (χ4n) is 1.47. The third kappa shape index (κ3) is 5.17. The van der Waals surface area contributed by atoms with Gasteiger partial charge in [0.05, 0.1) is 6.42 Å². The molecule has 1 aromatic carbocycles. The van der Waals surface area contributed by atoms with E-state index in [1.165, 1.54) is 0 Å². The van der Waals surface area contributed by atoms with E-state index in [1.807, 2.05) is 6.07 Å². The third-order valence-electron chi connectivity index (χ3n) is 2.50. The second-order valence-corrected chi connectivity index (χ2v) is 4.24.